The smallest absolute Gasteiger partial charge is 0.336 e. The van der Waals surface area contributed by atoms with Crippen molar-refractivity contribution in [3.8, 4) is 0 Å². The van der Waals surface area contributed by atoms with Crippen LogP contribution in [0.15, 0.2) is 36.4 Å². The number of carboxylic acids is 1. The molecule has 0 fully saturated rings. The molecular weight excluding hydrogens is 228 g/mol. The lowest BCUT2D eigenvalue weighted by molar-refractivity contribution is -0.145. The van der Waals surface area contributed by atoms with Crippen molar-refractivity contribution >= 4 is 5.97 Å². The van der Waals surface area contributed by atoms with Crippen LogP contribution < -0.4 is 0 Å². The molecule has 4 heteroatoms. The van der Waals surface area contributed by atoms with Crippen molar-refractivity contribution in [1.29, 1.82) is 0 Å². The van der Waals surface area contributed by atoms with Gasteiger partial charge in [0.25, 0.3) is 0 Å². The molecule has 0 bridgehead atoms. The van der Waals surface area contributed by atoms with Crippen LogP contribution in [0.5, 0.6) is 0 Å². The zero-order valence-electron chi connectivity index (χ0n) is 10.7. The Hall–Kier alpha value is -2.10. The highest BCUT2D eigenvalue weighted by molar-refractivity contribution is 5.80. The summed E-state index contributed by atoms with van der Waals surface area (Å²) in [7, 11) is 0. The molecule has 1 heterocycles. The maximum absolute atomic E-state index is 11.7. The first kappa shape index (κ1) is 12.4. The first-order valence-corrected chi connectivity index (χ1v) is 5.79. The summed E-state index contributed by atoms with van der Waals surface area (Å²) in [6.07, 6.45) is 0. The largest absolute Gasteiger partial charge is 0.479 e. The van der Waals surface area contributed by atoms with E-state index in [2.05, 4.69) is 5.10 Å². The van der Waals surface area contributed by atoms with Gasteiger partial charge in [-0.15, -0.1) is 0 Å². The summed E-state index contributed by atoms with van der Waals surface area (Å²) in [5, 5.41) is 13.9. The number of aryl methyl sites for hydroxylation is 2. The molecule has 1 atom stereocenters. The number of rotatable bonds is 3. The van der Waals surface area contributed by atoms with Gasteiger partial charge in [0.05, 0.1) is 5.69 Å². The second-order valence-electron chi connectivity index (χ2n) is 4.58. The fourth-order valence-electron chi connectivity index (χ4n) is 2.18. The maximum atomic E-state index is 11.7. The third-order valence-corrected chi connectivity index (χ3v) is 3.19. The molecule has 18 heavy (non-hydrogen) atoms. The summed E-state index contributed by atoms with van der Waals surface area (Å²) < 4.78 is 1.57. The number of aliphatic carboxylic acids is 1. The minimum Gasteiger partial charge on any atom is -0.479 e. The van der Waals surface area contributed by atoms with Gasteiger partial charge in [0, 0.05) is 5.69 Å². The molecule has 1 aromatic carbocycles. The lowest BCUT2D eigenvalue weighted by Gasteiger charge is -2.27. The Bertz CT molecular complexity index is 575. The number of carboxylic acid groups (broad SMARTS) is 1. The first-order valence-electron chi connectivity index (χ1n) is 5.79. The minimum atomic E-state index is -1.18. The van der Waals surface area contributed by atoms with Gasteiger partial charge in [0.1, 0.15) is 0 Å². The maximum Gasteiger partial charge on any atom is 0.336 e. The van der Waals surface area contributed by atoms with Crippen LogP contribution in [-0.2, 0) is 10.3 Å². The molecule has 1 N–H and O–H groups in total. The summed E-state index contributed by atoms with van der Waals surface area (Å²) in [6, 6.07) is 11.0. The Morgan fingerprint density at radius 3 is 2.33 bits per heavy atom. The summed E-state index contributed by atoms with van der Waals surface area (Å²) >= 11 is 0. The van der Waals surface area contributed by atoms with Crippen LogP contribution in [0, 0.1) is 13.8 Å². The van der Waals surface area contributed by atoms with E-state index in [1.807, 2.05) is 50.2 Å². The molecule has 94 valence electrons. The van der Waals surface area contributed by atoms with Gasteiger partial charge in [-0.05, 0) is 32.4 Å². The van der Waals surface area contributed by atoms with E-state index in [0.717, 1.165) is 11.4 Å². The van der Waals surface area contributed by atoms with Crippen LogP contribution in [-0.4, -0.2) is 20.9 Å². The van der Waals surface area contributed by atoms with Crippen molar-refractivity contribution in [3.63, 3.8) is 0 Å². The highest BCUT2D eigenvalue weighted by Gasteiger charge is 2.39. The molecule has 0 saturated heterocycles. The molecular formula is C14H16N2O2. The van der Waals surface area contributed by atoms with Gasteiger partial charge < -0.3 is 5.11 Å². The first-order chi connectivity index (χ1) is 8.46. The standard InChI is InChI=1S/C14H16N2O2/c1-10-9-11(2)16(15-10)14(3,13(17)18)12-7-5-4-6-8-12/h4-9H,1-3H3,(H,17,18). The van der Waals surface area contributed by atoms with E-state index in [1.54, 1.807) is 11.6 Å². The van der Waals surface area contributed by atoms with E-state index in [4.69, 9.17) is 0 Å². The van der Waals surface area contributed by atoms with Gasteiger partial charge in [-0.3, -0.25) is 0 Å². The number of hydrogen-bond donors (Lipinski definition) is 1. The molecule has 0 aliphatic rings. The average Bonchev–Trinajstić information content (AvgIpc) is 2.68. The highest BCUT2D eigenvalue weighted by atomic mass is 16.4. The van der Waals surface area contributed by atoms with E-state index in [0.29, 0.717) is 5.56 Å². The van der Waals surface area contributed by atoms with E-state index >= 15 is 0 Å². The Balaban J connectivity index is 2.66. The molecule has 0 amide bonds. The van der Waals surface area contributed by atoms with Crippen LogP contribution in [0.1, 0.15) is 23.9 Å². The zero-order valence-corrected chi connectivity index (χ0v) is 10.7. The van der Waals surface area contributed by atoms with Crippen LogP contribution in [0.3, 0.4) is 0 Å². The van der Waals surface area contributed by atoms with Crippen molar-refractivity contribution in [2.75, 3.05) is 0 Å². The molecule has 0 spiro atoms. The number of nitrogens with zero attached hydrogens (tertiary/aromatic N) is 2. The molecule has 0 aliphatic carbocycles. The lowest BCUT2D eigenvalue weighted by atomic mass is 9.92. The highest BCUT2D eigenvalue weighted by Crippen LogP contribution is 2.27. The molecule has 4 nitrogen and oxygen atoms in total. The number of carbonyl (C=O) groups is 1. The Kier molecular flexibility index (Phi) is 2.95. The topological polar surface area (TPSA) is 55.1 Å². The monoisotopic (exact) mass is 244 g/mol. The summed E-state index contributed by atoms with van der Waals surface area (Å²) in [5.41, 5.74) is 1.18. The lowest BCUT2D eigenvalue weighted by Crippen LogP contribution is -2.41. The fourth-order valence-corrected chi connectivity index (χ4v) is 2.18. The van der Waals surface area contributed by atoms with Crippen molar-refractivity contribution in [3.05, 3.63) is 53.3 Å². The number of hydrogen-bond acceptors (Lipinski definition) is 2. The second kappa shape index (κ2) is 4.29. The Morgan fingerprint density at radius 2 is 1.89 bits per heavy atom. The van der Waals surface area contributed by atoms with E-state index in [1.165, 1.54) is 0 Å². The van der Waals surface area contributed by atoms with E-state index in [-0.39, 0.29) is 0 Å². The SMILES string of the molecule is Cc1cc(C)n(C(C)(C(=O)O)c2ccccc2)n1. The third-order valence-electron chi connectivity index (χ3n) is 3.19. The zero-order chi connectivity index (χ0) is 13.3. The van der Waals surface area contributed by atoms with Crippen molar-refractivity contribution in [2.24, 2.45) is 0 Å². The molecule has 1 aromatic heterocycles. The van der Waals surface area contributed by atoms with Gasteiger partial charge in [-0.1, -0.05) is 30.3 Å². The van der Waals surface area contributed by atoms with Gasteiger partial charge in [0.15, 0.2) is 5.54 Å². The van der Waals surface area contributed by atoms with Crippen molar-refractivity contribution < 1.29 is 9.90 Å². The quantitative estimate of drug-likeness (QED) is 0.901. The summed E-state index contributed by atoms with van der Waals surface area (Å²) in [4.78, 5) is 11.7. The predicted octanol–water partition coefficient (Wildman–Crippen LogP) is 2.35. The van der Waals surface area contributed by atoms with Gasteiger partial charge in [-0.2, -0.15) is 5.10 Å². The molecule has 0 radical (unpaired) electrons. The second-order valence-corrected chi connectivity index (χ2v) is 4.58. The average molecular weight is 244 g/mol. The number of benzene rings is 1. The normalized spacial score (nSPS) is 14.2. The van der Waals surface area contributed by atoms with Crippen LogP contribution in [0.2, 0.25) is 0 Å². The molecule has 2 rings (SSSR count). The molecule has 0 aliphatic heterocycles. The van der Waals surface area contributed by atoms with Crippen molar-refractivity contribution in [1.82, 2.24) is 9.78 Å². The van der Waals surface area contributed by atoms with Crippen LogP contribution in [0.25, 0.3) is 0 Å². The Morgan fingerprint density at radius 1 is 1.28 bits per heavy atom. The molecule has 1 unspecified atom stereocenters. The predicted molar refractivity (Wildman–Crippen MR) is 68.5 cm³/mol. The van der Waals surface area contributed by atoms with Crippen molar-refractivity contribution in [2.45, 2.75) is 26.3 Å². The van der Waals surface area contributed by atoms with Gasteiger partial charge in [-0.25, -0.2) is 9.48 Å². The summed E-state index contributed by atoms with van der Waals surface area (Å²) in [6.45, 7) is 5.39. The molecule has 2 aromatic rings. The minimum absolute atomic E-state index is 0.712. The van der Waals surface area contributed by atoms with Crippen LogP contribution in [0.4, 0.5) is 0 Å². The fraction of sp³-hybridized carbons (Fsp3) is 0.286. The Labute approximate surface area is 106 Å². The van der Waals surface area contributed by atoms with E-state index < -0.39 is 11.5 Å². The van der Waals surface area contributed by atoms with Crippen LogP contribution >= 0.6 is 0 Å². The van der Waals surface area contributed by atoms with Gasteiger partial charge in [0.2, 0.25) is 0 Å². The van der Waals surface area contributed by atoms with Gasteiger partial charge >= 0.3 is 5.97 Å². The number of aromatic nitrogens is 2. The molecule has 0 saturated carbocycles. The van der Waals surface area contributed by atoms with E-state index in [9.17, 15) is 9.90 Å². The third kappa shape index (κ3) is 1.79. The summed E-state index contributed by atoms with van der Waals surface area (Å²) in [5.74, 6) is -0.917.